The number of aliphatic hydroxyl groups is 1. The molecule has 5 heteroatoms. The zero-order chi connectivity index (χ0) is 14.7. The second-order valence-electron chi connectivity index (χ2n) is 4.90. The molecule has 1 N–H and O–H groups in total. The highest BCUT2D eigenvalue weighted by molar-refractivity contribution is 5.47. The number of benzene rings is 1. The molecule has 2 rings (SSSR count). The number of ether oxygens (including phenoxy) is 2. The van der Waals surface area contributed by atoms with Gasteiger partial charge in [-0.05, 0) is 32.9 Å². The van der Waals surface area contributed by atoms with E-state index in [9.17, 15) is 5.11 Å². The normalized spacial score (nSPS) is 12.5. The molecule has 0 unspecified atom stereocenters. The number of rotatable bonds is 5. The monoisotopic (exact) mass is 276 g/mol. The topological polar surface area (TPSA) is 56.5 Å². The highest BCUT2D eigenvalue weighted by Crippen LogP contribution is 2.36. The summed E-state index contributed by atoms with van der Waals surface area (Å²) in [6.07, 6.45) is 2.81. The maximum absolute atomic E-state index is 9.91. The van der Waals surface area contributed by atoms with Crippen molar-refractivity contribution in [2.24, 2.45) is 0 Å². The van der Waals surface area contributed by atoms with Gasteiger partial charge in [-0.3, -0.25) is 4.68 Å². The fourth-order valence-electron chi connectivity index (χ4n) is 1.99. The van der Waals surface area contributed by atoms with Crippen molar-refractivity contribution >= 4 is 0 Å². The third kappa shape index (κ3) is 2.93. The van der Waals surface area contributed by atoms with Gasteiger partial charge in [-0.1, -0.05) is 6.07 Å². The SMILES string of the molecule is COc1cccc(Oc2cnn(C(C)C)c2)c1[C@@H](C)O. The number of hydrogen-bond acceptors (Lipinski definition) is 4. The Bertz CT molecular complexity index is 576. The molecule has 0 amide bonds. The minimum absolute atomic E-state index is 0.272. The Hall–Kier alpha value is -2.01. The van der Waals surface area contributed by atoms with Gasteiger partial charge in [-0.15, -0.1) is 0 Å². The first-order valence-corrected chi connectivity index (χ1v) is 6.60. The lowest BCUT2D eigenvalue weighted by Gasteiger charge is -2.15. The van der Waals surface area contributed by atoms with Gasteiger partial charge in [-0.25, -0.2) is 0 Å². The molecule has 1 aromatic heterocycles. The minimum atomic E-state index is -0.679. The number of aromatic nitrogens is 2. The largest absolute Gasteiger partial charge is 0.496 e. The van der Waals surface area contributed by atoms with Crippen LogP contribution in [-0.4, -0.2) is 22.0 Å². The molecule has 108 valence electrons. The number of hydrogen-bond donors (Lipinski definition) is 1. The van der Waals surface area contributed by atoms with Crippen molar-refractivity contribution in [2.45, 2.75) is 32.9 Å². The van der Waals surface area contributed by atoms with Crippen molar-refractivity contribution in [1.29, 1.82) is 0 Å². The molecule has 1 atom stereocenters. The van der Waals surface area contributed by atoms with Crippen molar-refractivity contribution in [3.63, 3.8) is 0 Å². The molecule has 1 aromatic carbocycles. The molecular formula is C15H20N2O3. The van der Waals surface area contributed by atoms with Crippen LogP contribution in [0.2, 0.25) is 0 Å². The lowest BCUT2D eigenvalue weighted by molar-refractivity contribution is 0.190. The molecule has 0 fully saturated rings. The second-order valence-corrected chi connectivity index (χ2v) is 4.90. The molecule has 0 radical (unpaired) electrons. The number of nitrogens with zero attached hydrogens (tertiary/aromatic N) is 2. The first-order chi connectivity index (χ1) is 9.52. The maximum Gasteiger partial charge on any atom is 0.165 e. The molecule has 1 heterocycles. The molecule has 5 nitrogen and oxygen atoms in total. The van der Waals surface area contributed by atoms with Crippen LogP contribution in [0.15, 0.2) is 30.6 Å². The van der Waals surface area contributed by atoms with Crippen molar-refractivity contribution in [1.82, 2.24) is 9.78 Å². The van der Waals surface area contributed by atoms with E-state index in [1.165, 1.54) is 0 Å². The molecule has 0 saturated carbocycles. The van der Waals surface area contributed by atoms with Crippen LogP contribution in [0.3, 0.4) is 0 Å². The zero-order valence-electron chi connectivity index (χ0n) is 12.2. The molecule has 20 heavy (non-hydrogen) atoms. The van der Waals surface area contributed by atoms with E-state index in [-0.39, 0.29) is 6.04 Å². The predicted octanol–water partition coefficient (Wildman–Crippen LogP) is 3.32. The molecule has 0 aliphatic heterocycles. The van der Waals surface area contributed by atoms with E-state index < -0.39 is 6.10 Å². The lowest BCUT2D eigenvalue weighted by Crippen LogP contribution is -2.00. The Labute approximate surface area is 118 Å². The molecule has 0 spiro atoms. The molecule has 0 saturated heterocycles. The van der Waals surface area contributed by atoms with Crippen LogP contribution in [0, 0.1) is 0 Å². The fraction of sp³-hybridized carbons (Fsp3) is 0.400. The van der Waals surface area contributed by atoms with E-state index in [1.54, 1.807) is 32.4 Å². The maximum atomic E-state index is 9.91. The van der Waals surface area contributed by atoms with Gasteiger partial charge in [0.25, 0.3) is 0 Å². The third-order valence-electron chi connectivity index (χ3n) is 3.00. The summed E-state index contributed by atoms with van der Waals surface area (Å²) in [5.41, 5.74) is 0.632. The van der Waals surface area contributed by atoms with Gasteiger partial charge in [0.1, 0.15) is 11.5 Å². The number of aliphatic hydroxyl groups excluding tert-OH is 1. The summed E-state index contributed by atoms with van der Waals surface area (Å²) in [6, 6.07) is 5.70. The lowest BCUT2D eigenvalue weighted by atomic mass is 10.1. The quantitative estimate of drug-likeness (QED) is 0.910. The van der Waals surface area contributed by atoms with Gasteiger partial charge in [0.05, 0.1) is 31.2 Å². The van der Waals surface area contributed by atoms with Crippen molar-refractivity contribution in [3.8, 4) is 17.2 Å². The summed E-state index contributed by atoms with van der Waals surface area (Å²) in [5.74, 6) is 1.81. The smallest absolute Gasteiger partial charge is 0.165 e. The summed E-state index contributed by atoms with van der Waals surface area (Å²) < 4.78 is 12.9. The average molecular weight is 276 g/mol. The van der Waals surface area contributed by atoms with Crippen molar-refractivity contribution in [3.05, 3.63) is 36.2 Å². The average Bonchev–Trinajstić information content (AvgIpc) is 2.86. The van der Waals surface area contributed by atoms with E-state index in [2.05, 4.69) is 5.10 Å². The van der Waals surface area contributed by atoms with Gasteiger partial charge in [0.2, 0.25) is 0 Å². The molecule has 2 aromatic rings. The highest BCUT2D eigenvalue weighted by atomic mass is 16.5. The first kappa shape index (κ1) is 14.4. The summed E-state index contributed by atoms with van der Waals surface area (Å²) in [4.78, 5) is 0. The Balaban J connectivity index is 2.32. The van der Waals surface area contributed by atoms with Crippen molar-refractivity contribution < 1.29 is 14.6 Å². The highest BCUT2D eigenvalue weighted by Gasteiger charge is 2.16. The molecule has 0 bridgehead atoms. The van der Waals surface area contributed by atoms with E-state index in [4.69, 9.17) is 9.47 Å². The van der Waals surface area contributed by atoms with E-state index in [0.29, 0.717) is 22.8 Å². The van der Waals surface area contributed by atoms with Gasteiger partial charge >= 0.3 is 0 Å². The molecular weight excluding hydrogens is 256 g/mol. The van der Waals surface area contributed by atoms with Crippen LogP contribution in [0.1, 0.15) is 38.5 Å². The first-order valence-electron chi connectivity index (χ1n) is 6.60. The van der Waals surface area contributed by atoms with Crippen molar-refractivity contribution in [2.75, 3.05) is 7.11 Å². The second kappa shape index (κ2) is 5.96. The zero-order valence-corrected chi connectivity index (χ0v) is 12.2. The van der Waals surface area contributed by atoms with Gasteiger partial charge in [0, 0.05) is 6.04 Å². The summed E-state index contributed by atoms with van der Waals surface area (Å²) in [6.45, 7) is 5.77. The van der Waals surface area contributed by atoms with Crippen LogP contribution in [0.25, 0.3) is 0 Å². The Morgan fingerprint density at radius 3 is 2.45 bits per heavy atom. The molecule has 0 aliphatic carbocycles. The Morgan fingerprint density at radius 1 is 1.20 bits per heavy atom. The summed E-state index contributed by atoms with van der Waals surface area (Å²) in [7, 11) is 1.57. The third-order valence-corrected chi connectivity index (χ3v) is 3.00. The van der Waals surface area contributed by atoms with Gasteiger partial charge < -0.3 is 14.6 Å². The summed E-state index contributed by atoms with van der Waals surface area (Å²) in [5, 5.41) is 14.1. The van der Waals surface area contributed by atoms with E-state index >= 15 is 0 Å². The fourth-order valence-corrected chi connectivity index (χ4v) is 1.99. The van der Waals surface area contributed by atoms with E-state index in [0.717, 1.165) is 0 Å². The summed E-state index contributed by atoms with van der Waals surface area (Å²) >= 11 is 0. The van der Waals surface area contributed by atoms with Crippen LogP contribution in [0.5, 0.6) is 17.2 Å². The predicted molar refractivity (Wildman–Crippen MR) is 76.3 cm³/mol. The minimum Gasteiger partial charge on any atom is -0.496 e. The van der Waals surface area contributed by atoms with Crippen LogP contribution < -0.4 is 9.47 Å². The van der Waals surface area contributed by atoms with E-state index in [1.807, 2.05) is 30.8 Å². The molecule has 0 aliphatic rings. The Kier molecular flexibility index (Phi) is 4.29. The standard InChI is InChI=1S/C15H20N2O3/c1-10(2)17-9-12(8-16-17)20-14-7-5-6-13(19-4)15(14)11(3)18/h5-11,18H,1-4H3/t11-/m1/s1. The Morgan fingerprint density at radius 2 is 1.90 bits per heavy atom. The van der Waals surface area contributed by atoms with Crippen LogP contribution in [0.4, 0.5) is 0 Å². The van der Waals surface area contributed by atoms with Crippen LogP contribution >= 0.6 is 0 Å². The van der Waals surface area contributed by atoms with Gasteiger partial charge in [0.15, 0.2) is 5.75 Å². The number of methoxy groups -OCH3 is 1. The van der Waals surface area contributed by atoms with Gasteiger partial charge in [-0.2, -0.15) is 5.10 Å². The van der Waals surface area contributed by atoms with Crippen LogP contribution in [-0.2, 0) is 0 Å².